The summed E-state index contributed by atoms with van der Waals surface area (Å²) in [7, 11) is 0. The van der Waals surface area contributed by atoms with Crippen LogP contribution in [-0.4, -0.2) is 23.7 Å². The van der Waals surface area contributed by atoms with Crippen molar-refractivity contribution in [3.05, 3.63) is 23.3 Å². The van der Waals surface area contributed by atoms with Crippen LogP contribution < -0.4 is 4.74 Å². The van der Waals surface area contributed by atoms with Crippen LogP contribution in [0.3, 0.4) is 0 Å². The second-order valence-electron chi connectivity index (χ2n) is 9.68. The van der Waals surface area contributed by atoms with Crippen LogP contribution in [0.2, 0.25) is 0 Å². The first-order valence-electron chi connectivity index (χ1n) is 10.8. The highest BCUT2D eigenvalue weighted by molar-refractivity contribution is 5.78. The fourth-order valence-electron chi connectivity index (χ4n) is 7.77. The van der Waals surface area contributed by atoms with Gasteiger partial charge in [0, 0.05) is 29.4 Å². The summed E-state index contributed by atoms with van der Waals surface area (Å²) in [5.74, 6) is 1.28. The molecule has 6 nitrogen and oxygen atoms in total. The van der Waals surface area contributed by atoms with E-state index in [9.17, 15) is 14.7 Å². The fourth-order valence-corrected chi connectivity index (χ4v) is 7.77. The van der Waals surface area contributed by atoms with Crippen molar-refractivity contribution < 1.29 is 28.9 Å². The van der Waals surface area contributed by atoms with Crippen LogP contribution in [0, 0.1) is 35.0 Å². The first-order valence-corrected chi connectivity index (χ1v) is 10.8. The normalized spacial score (nSPS) is 43.8. The van der Waals surface area contributed by atoms with Crippen molar-refractivity contribution in [3.8, 4) is 11.5 Å². The third-order valence-electron chi connectivity index (χ3n) is 8.60. The van der Waals surface area contributed by atoms with Crippen molar-refractivity contribution in [3.63, 3.8) is 0 Å². The van der Waals surface area contributed by atoms with E-state index in [0.717, 1.165) is 25.7 Å². The van der Waals surface area contributed by atoms with E-state index >= 15 is 0 Å². The van der Waals surface area contributed by atoms with Gasteiger partial charge in [0.1, 0.15) is 17.6 Å². The molecular weight excluding hydrogens is 372 g/mol. The molecule has 1 spiro atoms. The molecule has 6 heteroatoms. The molecule has 2 saturated heterocycles. The monoisotopic (exact) mass is 398 g/mol. The summed E-state index contributed by atoms with van der Waals surface area (Å²) in [6.07, 6.45) is 3.19. The van der Waals surface area contributed by atoms with E-state index in [-0.39, 0.29) is 35.1 Å². The molecule has 4 fully saturated rings. The van der Waals surface area contributed by atoms with Crippen molar-refractivity contribution in [2.75, 3.05) is 6.61 Å². The summed E-state index contributed by atoms with van der Waals surface area (Å²) in [6.45, 7) is 4.26. The first kappa shape index (κ1) is 17.8. The van der Waals surface area contributed by atoms with Crippen molar-refractivity contribution in [1.82, 2.24) is 0 Å². The van der Waals surface area contributed by atoms with Crippen LogP contribution in [0.15, 0.2) is 12.1 Å². The van der Waals surface area contributed by atoms with E-state index < -0.39 is 12.1 Å². The van der Waals surface area contributed by atoms with Crippen LogP contribution >= 0.6 is 0 Å². The van der Waals surface area contributed by atoms with E-state index in [1.165, 1.54) is 6.92 Å². The van der Waals surface area contributed by atoms with Gasteiger partial charge in [-0.1, -0.05) is 6.92 Å². The molecule has 0 radical (unpaired) electrons. The quantitative estimate of drug-likeness (QED) is 0.574. The zero-order valence-electron chi connectivity index (χ0n) is 16.7. The molecule has 0 aromatic heterocycles. The molecular formula is C23H26O6. The second kappa shape index (κ2) is 5.75. The molecule has 8 unspecified atom stereocenters. The predicted molar refractivity (Wildman–Crippen MR) is 101 cm³/mol. The van der Waals surface area contributed by atoms with Gasteiger partial charge in [0.2, 0.25) is 0 Å². The Bertz CT molecular complexity index is 924. The molecule has 0 amide bonds. The summed E-state index contributed by atoms with van der Waals surface area (Å²) in [5.41, 5.74) is 1.10. The Hall–Kier alpha value is -2.08. The number of fused-ring (bicyclic) bond motifs is 3. The van der Waals surface area contributed by atoms with Gasteiger partial charge in [-0.05, 0) is 55.6 Å². The van der Waals surface area contributed by atoms with Crippen molar-refractivity contribution in [2.24, 2.45) is 35.0 Å². The highest BCUT2D eigenvalue weighted by atomic mass is 16.6. The lowest BCUT2D eigenvalue weighted by atomic mass is 9.49. The SMILES string of the molecule is CC(=O)Oc1ccc(O)c2c1C1OC(=O)C3CCC4C5CCC4(C2OCC5C)C31. The van der Waals surface area contributed by atoms with Gasteiger partial charge in [-0.15, -0.1) is 0 Å². The minimum Gasteiger partial charge on any atom is -0.508 e. The molecule has 8 atom stereocenters. The average Bonchev–Trinajstić information content (AvgIpc) is 3.18. The topological polar surface area (TPSA) is 82.1 Å². The molecule has 1 N–H and O–H groups in total. The van der Waals surface area contributed by atoms with E-state index in [0.29, 0.717) is 41.2 Å². The lowest BCUT2D eigenvalue weighted by Crippen LogP contribution is -2.51. The molecule has 2 aliphatic heterocycles. The Kier molecular flexibility index (Phi) is 3.52. The molecule has 2 saturated carbocycles. The Balaban J connectivity index is 1.64. The zero-order valence-corrected chi connectivity index (χ0v) is 16.7. The van der Waals surface area contributed by atoms with Gasteiger partial charge in [0.25, 0.3) is 0 Å². The first-order chi connectivity index (χ1) is 13.9. The van der Waals surface area contributed by atoms with Gasteiger partial charge in [0.05, 0.1) is 18.6 Å². The van der Waals surface area contributed by atoms with Crippen LogP contribution in [0.25, 0.3) is 0 Å². The smallest absolute Gasteiger partial charge is 0.310 e. The van der Waals surface area contributed by atoms with Gasteiger partial charge < -0.3 is 19.3 Å². The number of esters is 2. The highest BCUT2D eigenvalue weighted by Crippen LogP contribution is 2.75. The molecule has 1 aromatic carbocycles. The minimum atomic E-state index is -0.487. The standard InChI is InChI=1S/C23H26O6/c1-10-9-27-21-17-15(25)5-6-16(28-11(2)24)18(17)20-19-13(22(26)29-20)3-4-14-12(10)7-8-23(14,19)21/h5-6,10,12-14,19-21,25H,3-4,7-9H2,1-2H3. The van der Waals surface area contributed by atoms with Crippen LogP contribution in [0.1, 0.15) is 62.9 Å². The van der Waals surface area contributed by atoms with E-state index in [1.54, 1.807) is 12.1 Å². The Morgan fingerprint density at radius 3 is 2.86 bits per heavy atom. The Labute approximate surface area is 169 Å². The fraction of sp³-hybridized carbons (Fsp3) is 0.652. The summed E-state index contributed by atoms with van der Waals surface area (Å²) < 4.78 is 18.0. The number of hydrogen-bond acceptors (Lipinski definition) is 6. The number of phenolic OH excluding ortho intramolecular Hbond substituents is 1. The molecule has 6 rings (SSSR count). The molecule has 3 aliphatic carbocycles. The third kappa shape index (κ3) is 2.06. The zero-order chi connectivity index (χ0) is 20.1. The summed E-state index contributed by atoms with van der Waals surface area (Å²) in [5, 5.41) is 10.9. The summed E-state index contributed by atoms with van der Waals surface area (Å²) in [6, 6.07) is 3.18. The Morgan fingerprint density at radius 1 is 1.24 bits per heavy atom. The molecule has 29 heavy (non-hydrogen) atoms. The molecule has 154 valence electrons. The number of benzene rings is 1. The van der Waals surface area contributed by atoms with E-state index in [1.807, 2.05) is 0 Å². The highest BCUT2D eigenvalue weighted by Gasteiger charge is 2.71. The van der Waals surface area contributed by atoms with Crippen molar-refractivity contribution in [2.45, 2.75) is 51.7 Å². The molecule has 2 bridgehead atoms. The average molecular weight is 398 g/mol. The van der Waals surface area contributed by atoms with Crippen LogP contribution in [0.5, 0.6) is 11.5 Å². The number of ether oxygens (including phenoxy) is 3. The van der Waals surface area contributed by atoms with Gasteiger partial charge in [-0.2, -0.15) is 0 Å². The maximum atomic E-state index is 12.9. The molecule has 1 aromatic rings. The largest absolute Gasteiger partial charge is 0.508 e. The van der Waals surface area contributed by atoms with Gasteiger partial charge >= 0.3 is 11.9 Å². The number of phenols is 1. The maximum Gasteiger partial charge on any atom is 0.310 e. The molecule has 2 heterocycles. The lowest BCUT2D eigenvalue weighted by Gasteiger charge is -2.54. The number of hydrogen-bond donors (Lipinski definition) is 1. The predicted octanol–water partition coefficient (Wildman–Crippen LogP) is 3.68. The van der Waals surface area contributed by atoms with E-state index in [2.05, 4.69) is 6.92 Å². The van der Waals surface area contributed by atoms with Crippen molar-refractivity contribution in [1.29, 1.82) is 0 Å². The number of aromatic hydroxyl groups is 1. The van der Waals surface area contributed by atoms with Gasteiger partial charge in [0.15, 0.2) is 0 Å². The van der Waals surface area contributed by atoms with Crippen LogP contribution in [0.4, 0.5) is 0 Å². The third-order valence-corrected chi connectivity index (χ3v) is 8.60. The minimum absolute atomic E-state index is 0.0117. The van der Waals surface area contributed by atoms with Crippen LogP contribution in [-0.2, 0) is 19.1 Å². The van der Waals surface area contributed by atoms with Gasteiger partial charge in [-0.3, -0.25) is 9.59 Å². The number of carbonyl (C=O) groups excluding carboxylic acids is 2. The lowest BCUT2D eigenvalue weighted by molar-refractivity contribution is -0.145. The van der Waals surface area contributed by atoms with Crippen molar-refractivity contribution >= 4 is 11.9 Å². The van der Waals surface area contributed by atoms with E-state index in [4.69, 9.17) is 14.2 Å². The molecule has 5 aliphatic rings. The summed E-state index contributed by atoms with van der Waals surface area (Å²) >= 11 is 0. The number of rotatable bonds is 1. The second-order valence-corrected chi connectivity index (χ2v) is 9.68. The summed E-state index contributed by atoms with van der Waals surface area (Å²) in [4.78, 5) is 24.6. The Morgan fingerprint density at radius 2 is 2.07 bits per heavy atom. The van der Waals surface area contributed by atoms with Gasteiger partial charge in [-0.25, -0.2) is 0 Å². The number of carbonyl (C=O) groups is 2. The maximum absolute atomic E-state index is 12.9.